The fourth-order valence-corrected chi connectivity index (χ4v) is 3.13. The van der Waals surface area contributed by atoms with E-state index >= 15 is 0 Å². The van der Waals surface area contributed by atoms with Gasteiger partial charge in [0.05, 0.1) is 0 Å². The van der Waals surface area contributed by atoms with Crippen LogP contribution < -0.4 is 5.32 Å². The van der Waals surface area contributed by atoms with Gasteiger partial charge in [0, 0.05) is 23.4 Å². The van der Waals surface area contributed by atoms with E-state index < -0.39 is 5.67 Å². The van der Waals surface area contributed by atoms with Gasteiger partial charge in [-0.3, -0.25) is 0 Å². The number of hydrogen-bond donors (Lipinski definition) is 1. The van der Waals surface area contributed by atoms with Gasteiger partial charge < -0.3 is 5.32 Å². The average Bonchev–Trinajstić information content (AvgIpc) is 2.28. The van der Waals surface area contributed by atoms with Crippen molar-refractivity contribution in [1.29, 1.82) is 0 Å². The first kappa shape index (κ1) is 13.9. The Labute approximate surface area is 115 Å². The van der Waals surface area contributed by atoms with Gasteiger partial charge in [0.25, 0.3) is 0 Å². The minimum Gasteiger partial charge on any atom is -0.316 e. The Morgan fingerprint density at radius 2 is 2.22 bits per heavy atom. The minimum atomic E-state index is -1.29. The van der Waals surface area contributed by atoms with Gasteiger partial charge >= 0.3 is 0 Å². The van der Waals surface area contributed by atoms with Gasteiger partial charge in [0.15, 0.2) is 0 Å². The molecular formula is C14H18BrF2N. The summed E-state index contributed by atoms with van der Waals surface area (Å²) < 4.78 is 28.7. The molecule has 0 spiro atoms. The predicted molar refractivity (Wildman–Crippen MR) is 72.9 cm³/mol. The number of hydrogen-bond acceptors (Lipinski definition) is 1. The van der Waals surface area contributed by atoms with Crippen molar-refractivity contribution in [2.24, 2.45) is 5.92 Å². The van der Waals surface area contributed by atoms with Gasteiger partial charge in [0.1, 0.15) is 11.5 Å². The van der Waals surface area contributed by atoms with Crippen molar-refractivity contribution in [2.45, 2.75) is 31.9 Å². The molecule has 0 radical (unpaired) electrons. The Kier molecular flexibility index (Phi) is 4.38. The van der Waals surface area contributed by atoms with E-state index in [9.17, 15) is 8.78 Å². The van der Waals surface area contributed by atoms with Crippen molar-refractivity contribution in [2.75, 3.05) is 13.1 Å². The predicted octanol–water partition coefficient (Wildman–Crippen LogP) is 3.86. The highest BCUT2D eigenvalue weighted by molar-refractivity contribution is 9.10. The van der Waals surface area contributed by atoms with Crippen molar-refractivity contribution in [3.05, 3.63) is 34.1 Å². The number of nitrogens with one attached hydrogen (secondary N) is 1. The number of halogens is 3. The smallest absolute Gasteiger partial charge is 0.124 e. The molecule has 2 rings (SSSR count). The van der Waals surface area contributed by atoms with Crippen molar-refractivity contribution < 1.29 is 8.78 Å². The topological polar surface area (TPSA) is 12.0 Å². The van der Waals surface area contributed by atoms with Gasteiger partial charge in [-0.15, -0.1) is 0 Å². The van der Waals surface area contributed by atoms with Crippen molar-refractivity contribution in [3.8, 4) is 0 Å². The van der Waals surface area contributed by atoms with E-state index in [1.165, 1.54) is 12.1 Å². The first-order valence-electron chi connectivity index (χ1n) is 6.32. The first-order valence-corrected chi connectivity index (χ1v) is 7.11. The van der Waals surface area contributed by atoms with Crippen LogP contribution in [0.5, 0.6) is 0 Å². The molecule has 1 aliphatic heterocycles. The number of rotatable bonds is 3. The molecular weight excluding hydrogens is 300 g/mol. The summed E-state index contributed by atoms with van der Waals surface area (Å²) >= 11 is 3.24. The molecule has 0 aliphatic carbocycles. The lowest BCUT2D eigenvalue weighted by Crippen LogP contribution is -2.42. The van der Waals surface area contributed by atoms with Crippen LogP contribution >= 0.6 is 15.9 Å². The molecule has 0 amide bonds. The number of benzene rings is 1. The molecule has 2 atom stereocenters. The quantitative estimate of drug-likeness (QED) is 0.892. The van der Waals surface area contributed by atoms with Crippen LogP contribution in [-0.2, 0) is 6.42 Å². The van der Waals surface area contributed by atoms with Crippen LogP contribution in [0.1, 0.15) is 25.3 Å². The summed E-state index contributed by atoms with van der Waals surface area (Å²) in [6.45, 7) is 3.31. The summed E-state index contributed by atoms with van der Waals surface area (Å²) in [5.41, 5.74) is -0.585. The van der Waals surface area contributed by atoms with E-state index in [1.54, 1.807) is 13.0 Å². The van der Waals surface area contributed by atoms with Crippen LogP contribution in [0.3, 0.4) is 0 Å². The van der Waals surface area contributed by atoms with Crippen molar-refractivity contribution >= 4 is 15.9 Å². The third-order valence-corrected chi connectivity index (χ3v) is 4.08. The lowest BCUT2D eigenvalue weighted by Gasteiger charge is -2.34. The molecule has 4 heteroatoms. The Morgan fingerprint density at radius 1 is 1.44 bits per heavy atom. The van der Waals surface area contributed by atoms with E-state index in [4.69, 9.17) is 0 Å². The van der Waals surface area contributed by atoms with Gasteiger partial charge in [-0.1, -0.05) is 15.9 Å². The summed E-state index contributed by atoms with van der Waals surface area (Å²) in [5.74, 6) is -0.315. The molecule has 100 valence electrons. The Bertz CT molecular complexity index is 394. The molecule has 1 aromatic carbocycles. The van der Waals surface area contributed by atoms with E-state index in [1.807, 2.05) is 0 Å². The van der Waals surface area contributed by atoms with E-state index in [-0.39, 0.29) is 18.2 Å². The highest BCUT2D eigenvalue weighted by atomic mass is 79.9. The average molecular weight is 318 g/mol. The zero-order chi connectivity index (χ0) is 13.2. The lowest BCUT2D eigenvalue weighted by molar-refractivity contribution is 0.0833. The Balaban J connectivity index is 2.10. The summed E-state index contributed by atoms with van der Waals surface area (Å²) in [6.07, 6.45) is 2.17. The summed E-state index contributed by atoms with van der Waals surface area (Å²) in [7, 11) is 0. The summed E-state index contributed by atoms with van der Waals surface area (Å²) in [4.78, 5) is 0. The zero-order valence-corrected chi connectivity index (χ0v) is 12.1. The zero-order valence-electron chi connectivity index (χ0n) is 10.5. The molecule has 1 saturated heterocycles. The Hall–Kier alpha value is -0.480. The first-order chi connectivity index (χ1) is 8.47. The van der Waals surface area contributed by atoms with Gasteiger partial charge in [-0.2, -0.15) is 0 Å². The third kappa shape index (κ3) is 3.51. The van der Waals surface area contributed by atoms with Crippen molar-refractivity contribution in [1.82, 2.24) is 5.32 Å². The van der Waals surface area contributed by atoms with E-state index in [0.29, 0.717) is 16.6 Å². The fourth-order valence-electron chi connectivity index (χ4n) is 2.62. The maximum atomic E-state index is 14.7. The van der Waals surface area contributed by atoms with Crippen LogP contribution in [0.25, 0.3) is 0 Å². The normalized spacial score (nSPS) is 23.7. The number of alkyl halides is 1. The minimum absolute atomic E-state index is 0.00768. The highest BCUT2D eigenvalue weighted by Gasteiger charge is 2.35. The highest BCUT2D eigenvalue weighted by Crippen LogP contribution is 2.32. The molecule has 1 fully saturated rings. The van der Waals surface area contributed by atoms with Gasteiger partial charge in [0.2, 0.25) is 0 Å². The number of piperidine rings is 1. The lowest BCUT2D eigenvalue weighted by atomic mass is 9.81. The largest absolute Gasteiger partial charge is 0.316 e. The molecule has 1 aromatic rings. The van der Waals surface area contributed by atoms with E-state index in [2.05, 4.69) is 21.2 Å². The summed E-state index contributed by atoms with van der Waals surface area (Å²) in [6, 6.07) is 4.59. The monoisotopic (exact) mass is 317 g/mol. The third-order valence-electron chi connectivity index (χ3n) is 3.62. The van der Waals surface area contributed by atoms with Crippen LogP contribution in [0.4, 0.5) is 8.78 Å². The molecule has 1 nitrogen and oxygen atoms in total. The molecule has 18 heavy (non-hydrogen) atoms. The van der Waals surface area contributed by atoms with Crippen LogP contribution in [-0.4, -0.2) is 18.8 Å². The fraction of sp³-hybridized carbons (Fsp3) is 0.571. The van der Waals surface area contributed by atoms with Crippen molar-refractivity contribution in [3.63, 3.8) is 0 Å². The maximum absolute atomic E-state index is 14.7. The SMILES string of the molecule is CC(F)(Cc1cc(F)cc(Br)c1)C1CCCNC1. The molecule has 0 saturated carbocycles. The molecule has 2 unspecified atom stereocenters. The van der Waals surface area contributed by atoms with Gasteiger partial charge in [-0.05, 0) is 50.1 Å². The van der Waals surface area contributed by atoms with Crippen LogP contribution in [0.15, 0.2) is 22.7 Å². The second-order valence-corrected chi connectivity index (χ2v) is 6.19. The molecule has 0 aromatic heterocycles. The standard InChI is InChI=1S/C14H18BrF2N/c1-14(17,11-3-2-4-18-9-11)8-10-5-12(15)7-13(16)6-10/h5-7,11,18H,2-4,8-9H2,1H3. The Morgan fingerprint density at radius 3 is 2.83 bits per heavy atom. The molecule has 1 N–H and O–H groups in total. The molecule has 0 bridgehead atoms. The van der Waals surface area contributed by atoms with Crippen LogP contribution in [0.2, 0.25) is 0 Å². The van der Waals surface area contributed by atoms with E-state index in [0.717, 1.165) is 19.4 Å². The molecule has 1 heterocycles. The maximum Gasteiger partial charge on any atom is 0.124 e. The summed E-state index contributed by atoms with van der Waals surface area (Å²) in [5, 5.41) is 3.23. The second kappa shape index (κ2) is 5.66. The van der Waals surface area contributed by atoms with Gasteiger partial charge in [-0.25, -0.2) is 8.78 Å². The second-order valence-electron chi connectivity index (χ2n) is 5.28. The molecule has 1 aliphatic rings. The van der Waals surface area contributed by atoms with Crippen LogP contribution in [0, 0.1) is 11.7 Å².